The topological polar surface area (TPSA) is 60.0 Å². The van der Waals surface area contributed by atoms with Crippen LogP contribution in [-0.4, -0.2) is 27.6 Å². The second-order valence-corrected chi connectivity index (χ2v) is 6.96. The van der Waals surface area contributed by atoms with E-state index in [1.165, 1.54) is 16.8 Å². The van der Waals surface area contributed by atoms with Gasteiger partial charge in [0.1, 0.15) is 5.52 Å². The number of para-hydroxylation sites is 1. The number of fused-ring (bicyclic) bond motifs is 2. The van der Waals surface area contributed by atoms with Crippen molar-refractivity contribution in [1.82, 2.24) is 14.5 Å². The summed E-state index contributed by atoms with van der Waals surface area (Å²) >= 11 is 0. The molecule has 0 aliphatic carbocycles. The number of nitrogen functional groups attached to an aromatic ring is 1. The molecule has 134 valence electrons. The molecule has 0 unspecified atom stereocenters. The SMILES string of the molecule is Cc1nc(N)c2ncn(CCCCN3CC=Cc4ccccc43)c2c1C. The van der Waals surface area contributed by atoms with Crippen LogP contribution < -0.4 is 10.6 Å². The lowest BCUT2D eigenvalue weighted by Crippen LogP contribution is -2.27. The lowest BCUT2D eigenvalue weighted by Gasteiger charge is -2.28. The molecule has 0 saturated carbocycles. The van der Waals surface area contributed by atoms with Gasteiger partial charge in [-0.15, -0.1) is 0 Å². The van der Waals surface area contributed by atoms with E-state index in [-0.39, 0.29) is 0 Å². The van der Waals surface area contributed by atoms with Crippen molar-refractivity contribution < 1.29 is 0 Å². The van der Waals surface area contributed by atoms with Gasteiger partial charge in [-0.25, -0.2) is 9.97 Å². The molecular formula is C21H25N5. The molecule has 0 bridgehead atoms. The second-order valence-electron chi connectivity index (χ2n) is 6.96. The van der Waals surface area contributed by atoms with E-state index in [1.54, 1.807) is 0 Å². The number of nitrogens with two attached hydrogens (primary N) is 1. The molecule has 3 aromatic rings. The number of hydrogen-bond acceptors (Lipinski definition) is 4. The molecule has 26 heavy (non-hydrogen) atoms. The Labute approximate surface area is 154 Å². The number of unbranched alkanes of at least 4 members (excludes halogenated alkanes) is 1. The maximum absolute atomic E-state index is 6.04. The van der Waals surface area contributed by atoms with E-state index in [9.17, 15) is 0 Å². The van der Waals surface area contributed by atoms with E-state index in [2.05, 4.69) is 62.8 Å². The van der Waals surface area contributed by atoms with E-state index in [1.807, 2.05) is 13.3 Å². The summed E-state index contributed by atoms with van der Waals surface area (Å²) in [7, 11) is 0. The number of pyridine rings is 1. The Morgan fingerprint density at radius 2 is 1.92 bits per heavy atom. The molecule has 5 nitrogen and oxygen atoms in total. The minimum absolute atomic E-state index is 0.526. The number of hydrogen-bond donors (Lipinski definition) is 1. The molecule has 1 aromatic carbocycles. The molecule has 5 heteroatoms. The van der Waals surface area contributed by atoms with Gasteiger partial charge in [-0.3, -0.25) is 0 Å². The van der Waals surface area contributed by atoms with Crippen LogP contribution in [0.25, 0.3) is 17.1 Å². The smallest absolute Gasteiger partial charge is 0.151 e. The number of imidazole rings is 1. The van der Waals surface area contributed by atoms with Gasteiger partial charge in [0.15, 0.2) is 5.82 Å². The lowest BCUT2D eigenvalue weighted by molar-refractivity contribution is 0.613. The average molecular weight is 347 g/mol. The Balaban J connectivity index is 1.42. The number of benzene rings is 1. The molecule has 3 heterocycles. The van der Waals surface area contributed by atoms with E-state index in [0.717, 1.165) is 49.2 Å². The first-order chi connectivity index (χ1) is 12.6. The van der Waals surface area contributed by atoms with E-state index in [4.69, 9.17) is 5.73 Å². The highest BCUT2D eigenvalue weighted by atomic mass is 15.1. The van der Waals surface area contributed by atoms with Crippen molar-refractivity contribution in [1.29, 1.82) is 0 Å². The van der Waals surface area contributed by atoms with Crippen LogP contribution in [0.15, 0.2) is 36.7 Å². The van der Waals surface area contributed by atoms with Crippen LogP contribution in [0.5, 0.6) is 0 Å². The maximum Gasteiger partial charge on any atom is 0.151 e. The van der Waals surface area contributed by atoms with Crippen molar-refractivity contribution in [2.75, 3.05) is 23.7 Å². The maximum atomic E-state index is 6.04. The zero-order valence-corrected chi connectivity index (χ0v) is 15.4. The van der Waals surface area contributed by atoms with Gasteiger partial charge in [0.2, 0.25) is 0 Å². The third-order valence-corrected chi connectivity index (χ3v) is 5.24. The molecule has 1 aliphatic heterocycles. The van der Waals surface area contributed by atoms with Gasteiger partial charge in [-0.05, 0) is 43.9 Å². The Bertz CT molecular complexity index is 970. The van der Waals surface area contributed by atoms with Crippen molar-refractivity contribution in [3.63, 3.8) is 0 Å². The van der Waals surface area contributed by atoms with Crippen LogP contribution in [0.3, 0.4) is 0 Å². The zero-order chi connectivity index (χ0) is 18.1. The molecule has 0 radical (unpaired) electrons. The third kappa shape index (κ3) is 2.94. The minimum Gasteiger partial charge on any atom is -0.382 e. The highest BCUT2D eigenvalue weighted by molar-refractivity contribution is 5.88. The molecule has 1 aliphatic rings. The highest BCUT2D eigenvalue weighted by Gasteiger charge is 2.14. The van der Waals surface area contributed by atoms with Crippen LogP contribution in [0.1, 0.15) is 29.7 Å². The number of rotatable bonds is 5. The fraction of sp³-hybridized carbons (Fsp3) is 0.333. The van der Waals surface area contributed by atoms with Gasteiger partial charge in [0.25, 0.3) is 0 Å². The van der Waals surface area contributed by atoms with Crippen molar-refractivity contribution in [3.8, 4) is 0 Å². The standard InChI is InChI=1S/C21H25N5/c1-15-16(2)24-21(22)19-20(15)26(14-23-19)12-6-5-11-25-13-7-9-17-8-3-4-10-18(17)25/h3-4,7-10,14H,5-6,11-13H2,1-2H3,(H2,22,24). The van der Waals surface area contributed by atoms with Gasteiger partial charge in [-0.2, -0.15) is 0 Å². The molecule has 0 saturated heterocycles. The molecule has 4 rings (SSSR count). The number of aromatic nitrogens is 3. The third-order valence-electron chi connectivity index (χ3n) is 5.24. The zero-order valence-electron chi connectivity index (χ0n) is 15.4. The summed E-state index contributed by atoms with van der Waals surface area (Å²) in [5.74, 6) is 0.526. The van der Waals surface area contributed by atoms with Gasteiger partial charge >= 0.3 is 0 Å². The van der Waals surface area contributed by atoms with E-state index < -0.39 is 0 Å². The normalized spacial score (nSPS) is 13.4. The first kappa shape index (κ1) is 16.6. The van der Waals surface area contributed by atoms with Gasteiger partial charge in [-0.1, -0.05) is 30.4 Å². The fourth-order valence-corrected chi connectivity index (χ4v) is 3.74. The van der Waals surface area contributed by atoms with Gasteiger partial charge in [0.05, 0.1) is 11.8 Å². The number of nitrogens with zero attached hydrogens (tertiary/aromatic N) is 4. The monoisotopic (exact) mass is 347 g/mol. The Hall–Kier alpha value is -2.82. The Kier molecular flexibility index (Phi) is 4.37. The summed E-state index contributed by atoms with van der Waals surface area (Å²) in [6, 6.07) is 8.61. The van der Waals surface area contributed by atoms with E-state index >= 15 is 0 Å². The summed E-state index contributed by atoms with van der Waals surface area (Å²) in [6.07, 6.45) is 8.60. The molecule has 2 aromatic heterocycles. The molecule has 2 N–H and O–H groups in total. The number of anilines is 2. The van der Waals surface area contributed by atoms with E-state index in [0.29, 0.717) is 5.82 Å². The molecule has 0 amide bonds. The fourth-order valence-electron chi connectivity index (χ4n) is 3.74. The first-order valence-corrected chi connectivity index (χ1v) is 9.23. The van der Waals surface area contributed by atoms with Crippen molar-refractivity contribution >= 4 is 28.6 Å². The summed E-state index contributed by atoms with van der Waals surface area (Å²) in [4.78, 5) is 11.3. The van der Waals surface area contributed by atoms with Crippen molar-refractivity contribution in [2.24, 2.45) is 0 Å². The number of aryl methyl sites for hydroxylation is 3. The van der Waals surface area contributed by atoms with Crippen LogP contribution in [0, 0.1) is 13.8 Å². The summed E-state index contributed by atoms with van der Waals surface area (Å²) < 4.78 is 2.22. The van der Waals surface area contributed by atoms with Crippen LogP contribution in [-0.2, 0) is 6.54 Å². The Morgan fingerprint density at radius 3 is 2.81 bits per heavy atom. The van der Waals surface area contributed by atoms with Crippen molar-refractivity contribution in [3.05, 3.63) is 53.5 Å². The summed E-state index contributed by atoms with van der Waals surface area (Å²) in [5, 5.41) is 0. The van der Waals surface area contributed by atoms with Crippen LogP contribution >= 0.6 is 0 Å². The molecule has 0 fully saturated rings. The molecular weight excluding hydrogens is 322 g/mol. The molecule has 0 atom stereocenters. The van der Waals surface area contributed by atoms with Gasteiger partial charge < -0.3 is 15.2 Å². The lowest BCUT2D eigenvalue weighted by atomic mass is 10.1. The van der Waals surface area contributed by atoms with Crippen LogP contribution in [0.2, 0.25) is 0 Å². The predicted molar refractivity (Wildman–Crippen MR) is 108 cm³/mol. The predicted octanol–water partition coefficient (Wildman–Crippen LogP) is 3.94. The quantitative estimate of drug-likeness (QED) is 0.710. The van der Waals surface area contributed by atoms with Crippen LogP contribution in [0.4, 0.5) is 11.5 Å². The van der Waals surface area contributed by atoms with Gasteiger partial charge in [0, 0.05) is 31.0 Å². The molecule has 0 spiro atoms. The summed E-state index contributed by atoms with van der Waals surface area (Å²) in [5.41, 5.74) is 12.8. The highest BCUT2D eigenvalue weighted by Crippen LogP contribution is 2.26. The first-order valence-electron chi connectivity index (χ1n) is 9.23. The largest absolute Gasteiger partial charge is 0.382 e. The minimum atomic E-state index is 0.526. The van der Waals surface area contributed by atoms with Crippen molar-refractivity contribution in [2.45, 2.75) is 33.2 Å². The second kappa shape index (κ2) is 6.83. The average Bonchev–Trinajstić information content (AvgIpc) is 3.08. The summed E-state index contributed by atoms with van der Waals surface area (Å²) in [6.45, 7) is 7.11. The Morgan fingerprint density at radius 1 is 1.12 bits per heavy atom.